The van der Waals surface area contributed by atoms with Crippen molar-refractivity contribution in [2.24, 2.45) is 0 Å². The molecule has 0 heterocycles. The van der Waals surface area contributed by atoms with Crippen LogP contribution in [0.2, 0.25) is 0 Å². The summed E-state index contributed by atoms with van der Waals surface area (Å²) in [5, 5.41) is 23.2. The van der Waals surface area contributed by atoms with Gasteiger partial charge in [-0.3, -0.25) is 4.79 Å². The van der Waals surface area contributed by atoms with Crippen LogP contribution in [0, 0.1) is 0 Å². The highest BCUT2D eigenvalue weighted by Crippen LogP contribution is 2.17. The van der Waals surface area contributed by atoms with Gasteiger partial charge >= 0.3 is 0 Å². The average Bonchev–Trinajstić information content (AvgIpc) is 3.42. The molecule has 436 valence electrons. The summed E-state index contributed by atoms with van der Waals surface area (Å²) < 4.78 is 0. The van der Waals surface area contributed by atoms with E-state index in [2.05, 4.69) is 129 Å². The molecule has 0 aromatic rings. The van der Waals surface area contributed by atoms with Gasteiger partial charge in [-0.05, 0) is 96.3 Å². The first-order valence-electron chi connectivity index (χ1n) is 32.7. The van der Waals surface area contributed by atoms with Gasteiger partial charge in [-0.1, -0.05) is 328 Å². The number of unbranched alkanes of at least 4 members (excludes halogenated alkanes) is 34. The van der Waals surface area contributed by atoms with E-state index in [4.69, 9.17) is 0 Å². The first-order valence-corrected chi connectivity index (χ1v) is 32.7. The molecule has 76 heavy (non-hydrogen) atoms. The maximum atomic E-state index is 12.5. The second kappa shape index (κ2) is 66.1. The van der Waals surface area contributed by atoms with Crippen molar-refractivity contribution in [3.8, 4) is 0 Å². The fourth-order valence-electron chi connectivity index (χ4n) is 9.51. The number of hydrogen-bond acceptors (Lipinski definition) is 3. The minimum Gasteiger partial charge on any atom is -0.394 e. The molecule has 0 aromatic carbocycles. The number of nitrogens with one attached hydrogen (secondary N) is 1. The SMILES string of the molecule is CC/C=C\C/C=C\C/C=C\C/C=C\C/C=C\C/C=C\C/C=C\C/C=C\CCCCCCCCCCCCCCCCCCC(=O)NC(CO)C(O)/C=C/CC/C=C/CCCCCCCCCCCCCCCCCCC. The minimum absolute atomic E-state index is 0.0741. The zero-order valence-electron chi connectivity index (χ0n) is 50.2. The van der Waals surface area contributed by atoms with Crippen LogP contribution in [0.1, 0.15) is 309 Å². The molecule has 0 aromatic heterocycles. The van der Waals surface area contributed by atoms with Gasteiger partial charge in [0, 0.05) is 6.42 Å². The van der Waals surface area contributed by atoms with Gasteiger partial charge in [0.25, 0.3) is 0 Å². The quantitative estimate of drug-likeness (QED) is 0.0420. The molecule has 4 nitrogen and oxygen atoms in total. The minimum atomic E-state index is -0.869. The molecule has 3 N–H and O–H groups in total. The van der Waals surface area contributed by atoms with Crippen molar-refractivity contribution < 1.29 is 15.0 Å². The van der Waals surface area contributed by atoms with Crippen LogP contribution in [-0.4, -0.2) is 34.9 Å². The average molecular weight is 1050 g/mol. The van der Waals surface area contributed by atoms with Crippen molar-refractivity contribution in [2.75, 3.05) is 6.61 Å². The molecule has 0 spiro atoms. The molecular weight excluding hydrogens is 927 g/mol. The van der Waals surface area contributed by atoms with E-state index in [9.17, 15) is 15.0 Å². The molecule has 0 rings (SSSR count). The molecular formula is C72H125NO3. The van der Waals surface area contributed by atoms with Gasteiger partial charge in [-0.25, -0.2) is 0 Å². The summed E-state index contributed by atoms with van der Waals surface area (Å²) in [4.78, 5) is 12.5. The van der Waals surface area contributed by atoms with Crippen molar-refractivity contribution in [3.63, 3.8) is 0 Å². The van der Waals surface area contributed by atoms with Crippen molar-refractivity contribution >= 4 is 5.91 Å². The van der Waals surface area contributed by atoms with Gasteiger partial charge in [-0.15, -0.1) is 0 Å². The summed E-state index contributed by atoms with van der Waals surface area (Å²) in [5.74, 6) is -0.0741. The molecule has 4 heteroatoms. The topological polar surface area (TPSA) is 69.6 Å². The molecule has 0 saturated heterocycles. The third-order valence-electron chi connectivity index (χ3n) is 14.4. The zero-order valence-corrected chi connectivity index (χ0v) is 50.2. The lowest BCUT2D eigenvalue weighted by Crippen LogP contribution is -2.45. The molecule has 0 fully saturated rings. The second-order valence-electron chi connectivity index (χ2n) is 21.8. The molecule has 0 aliphatic carbocycles. The third kappa shape index (κ3) is 61.6. The summed E-state index contributed by atoms with van der Waals surface area (Å²) in [6, 6.07) is -0.646. The maximum Gasteiger partial charge on any atom is 0.220 e. The van der Waals surface area contributed by atoms with Gasteiger partial charge in [0.1, 0.15) is 0 Å². The van der Waals surface area contributed by atoms with Crippen molar-refractivity contribution in [1.29, 1.82) is 0 Å². The molecule has 2 atom stereocenters. The Bertz CT molecular complexity index is 1470. The number of aliphatic hydroxyl groups excluding tert-OH is 2. The van der Waals surface area contributed by atoms with Gasteiger partial charge in [0.15, 0.2) is 0 Å². The number of rotatable bonds is 59. The van der Waals surface area contributed by atoms with Gasteiger partial charge in [-0.2, -0.15) is 0 Å². The molecule has 0 aliphatic rings. The molecule has 0 saturated carbocycles. The van der Waals surface area contributed by atoms with Crippen LogP contribution >= 0.6 is 0 Å². The van der Waals surface area contributed by atoms with Crippen LogP contribution in [0.4, 0.5) is 0 Å². The number of carbonyl (C=O) groups excluding carboxylic acids is 1. The van der Waals surface area contributed by atoms with Gasteiger partial charge in [0.2, 0.25) is 5.91 Å². The van der Waals surface area contributed by atoms with Crippen LogP contribution in [0.15, 0.2) is 122 Å². The van der Waals surface area contributed by atoms with Crippen molar-refractivity contribution in [2.45, 2.75) is 321 Å². The highest BCUT2D eigenvalue weighted by Gasteiger charge is 2.18. The Morgan fingerprint density at radius 3 is 0.921 bits per heavy atom. The van der Waals surface area contributed by atoms with Gasteiger partial charge in [0.05, 0.1) is 18.8 Å². The largest absolute Gasteiger partial charge is 0.394 e. The number of allylic oxidation sites excluding steroid dienone is 19. The van der Waals surface area contributed by atoms with E-state index in [1.165, 1.54) is 205 Å². The fourth-order valence-corrected chi connectivity index (χ4v) is 9.51. The lowest BCUT2D eigenvalue weighted by Gasteiger charge is -2.19. The second-order valence-corrected chi connectivity index (χ2v) is 21.8. The highest BCUT2D eigenvalue weighted by molar-refractivity contribution is 5.76. The Morgan fingerprint density at radius 1 is 0.329 bits per heavy atom. The summed E-state index contributed by atoms with van der Waals surface area (Å²) >= 11 is 0. The first kappa shape index (κ1) is 72.8. The van der Waals surface area contributed by atoms with Crippen LogP contribution in [0.5, 0.6) is 0 Å². The van der Waals surface area contributed by atoms with Gasteiger partial charge < -0.3 is 15.5 Å². The molecule has 2 unspecified atom stereocenters. The predicted octanol–water partition coefficient (Wildman–Crippen LogP) is 22.4. The van der Waals surface area contributed by atoms with Crippen LogP contribution < -0.4 is 5.32 Å². The van der Waals surface area contributed by atoms with E-state index in [0.717, 1.165) is 83.5 Å². The summed E-state index contributed by atoms with van der Waals surface area (Å²) in [6.45, 7) is 4.20. The smallest absolute Gasteiger partial charge is 0.220 e. The maximum absolute atomic E-state index is 12.5. The summed E-state index contributed by atoms with van der Waals surface area (Å²) in [5.41, 5.74) is 0. The Kier molecular flexibility index (Phi) is 63.3. The molecule has 1 amide bonds. The Labute approximate surface area is 473 Å². The fraction of sp³-hybridized carbons (Fsp3) is 0.708. The predicted molar refractivity (Wildman–Crippen MR) is 340 cm³/mol. The van der Waals surface area contributed by atoms with E-state index in [1.54, 1.807) is 6.08 Å². The van der Waals surface area contributed by atoms with E-state index in [-0.39, 0.29) is 12.5 Å². The number of amides is 1. The van der Waals surface area contributed by atoms with Crippen molar-refractivity contribution in [3.05, 3.63) is 122 Å². The summed E-state index contributed by atoms with van der Waals surface area (Å²) in [7, 11) is 0. The normalized spacial score (nSPS) is 13.6. The van der Waals surface area contributed by atoms with E-state index < -0.39 is 12.1 Å². The molecule has 0 radical (unpaired) electrons. The lowest BCUT2D eigenvalue weighted by molar-refractivity contribution is -0.123. The van der Waals surface area contributed by atoms with Crippen LogP contribution in [0.3, 0.4) is 0 Å². The standard InChI is InChI=1S/C72H125NO3/c1-3-5-7-9-11-13-15-17-19-21-23-25-27-28-29-30-31-32-33-34-35-36-37-38-39-40-41-42-43-44-46-48-50-52-54-56-58-60-62-64-66-68-72(76)73-70(69-74)71(75)67-65-63-61-59-57-55-53-51-49-47-45-26-24-22-20-18-16-14-12-10-8-6-4-2/h5,7,11,13,17,19,23,25,28-29,31-32,34-35,37-38,57,59,65,67,70-71,74-75H,3-4,6,8-10,12,14-16,18,20-22,24,26-27,30,33,36,39-56,58,60-64,66,68-69H2,1-2H3,(H,73,76)/b7-5-,13-11-,19-17-,25-23-,29-28-,32-31-,35-34-,38-37-,59-57+,67-65+. The van der Waals surface area contributed by atoms with Crippen LogP contribution in [-0.2, 0) is 4.79 Å². The monoisotopic (exact) mass is 1050 g/mol. The number of aliphatic hydroxyl groups is 2. The van der Waals surface area contributed by atoms with E-state index in [0.29, 0.717) is 6.42 Å². The Morgan fingerprint density at radius 2 is 0.592 bits per heavy atom. The van der Waals surface area contributed by atoms with E-state index in [1.807, 2.05) is 6.08 Å². The van der Waals surface area contributed by atoms with Crippen LogP contribution in [0.25, 0.3) is 0 Å². The summed E-state index contributed by atoms with van der Waals surface area (Å²) in [6.07, 6.45) is 101. The third-order valence-corrected chi connectivity index (χ3v) is 14.4. The lowest BCUT2D eigenvalue weighted by atomic mass is 10.0. The Balaban J connectivity index is 3.54. The zero-order chi connectivity index (χ0) is 54.8. The number of hydrogen-bond donors (Lipinski definition) is 3. The number of carbonyl (C=O) groups is 1. The van der Waals surface area contributed by atoms with E-state index >= 15 is 0 Å². The van der Waals surface area contributed by atoms with Crippen molar-refractivity contribution in [1.82, 2.24) is 5.32 Å². The molecule has 0 bridgehead atoms. The Hall–Kier alpha value is -3.21. The first-order chi connectivity index (χ1) is 37.7. The molecule has 0 aliphatic heterocycles. The highest BCUT2D eigenvalue weighted by atomic mass is 16.3.